The number of carbonyl (C=O) groups is 3. The summed E-state index contributed by atoms with van der Waals surface area (Å²) in [4.78, 5) is 34.7. The zero-order chi connectivity index (χ0) is 14.0. The normalized spacial score (nSPS) is 17.6. The number of carbonyl (C=O) groups excluding carboxylic acids is 2. The number of anilines is 1. The molecule has 6 heteroatoms. The first-order chi connectivity index (χ1) is 9.02. The van der Waals surface area contributed by atoms with Gasteiger partial charge in [0.1, 0.15) is 12.0 Å². The van der Waals surface area contributed by atoms with Crippen LogP contribution < -0.4 is 9.64 Å². The molecule has 0 saturated carbocycles. The van der Waals surface area contributed by atoms with Crippen LogP contribution >= 0.6 is 0 Å². The van der Waals surface area contributed by atoms with Crippen molar-refractivity contribution >= 4 is 23.9 Å². The average molecular weight is 263 g/mol. The van der Waals surface area contributed by atoms with Crippen LogP contribution in [0.1, 0.15) is 23.7 Å². The van der Waals surface area contributed by atoms with Gasteiger partial charge in [-0.2, -0.15) is 0 Å². The summed E-state index contributed by atoms with van der Waals surface area (Å²) in [5, 5.41) is 8.71. The molecule has 100 valence electrons. The van der Waals surface area contributed by atoms with Crippen molar-refractivity contribution in [1.82, 2.24) is 0 Å². The molecular weight excluding hydrogens is 250 g/mol. The highest BCUT2D eigenvalue weighted by atomic mass is 16.5. The number of benzene rings is 1. The zero-order valence-corrected chi connectivity index (χ0v) is 10.3. The number of rotatable bonds is 4. The van der Waals surface area contributed by atoms with E-state index in [0.717, 1.165) is 0 Å². The second-order valence-corrected chi connectivity index (χ2v) is 4.24. The maximum absolute atomic E-state index is 12.0. The van der Waals surface area contributed by atoms with Crippen molar-refractivity contribution in [3.8, 4) is 5.75 Å². The van der Waals surface area contributed by atoms with E-state index in [2.05, 4.69) is 0 Å². The van der Waals surface area contributed by atoms with Crippen LogP contribution in [0.5, 0.6) is 5.75 Å². The van der Waals surface area contributed by atoms with Gasteiger partial charge < -0.3 is 14.7 Å². The molecule has 19 heavy (non-hydrogen) atoms. The monoisotopic (exact) mass is 263 g/mol. The maximum atomic E-state index is 12.0. The Kier molecular flexibility index (Phi) is 3.50. The molecule has 6 nitrogen and oxygen atoms in total. The van der Waals surface area contributed by atoms with E-state index in [-0.39, 0.29) is 18.9 Å². The SMILES string of the molecule is CC1Oc2cc(C=O)ccc2N(CCC(=O)O)C1=O. The Morgan fingerprint density at radius 2 is 2.26 bits per heavy atom. The molecule has 1 aromatic rings. The minimum absolute atomic E-state index is 0.0787. The van der Waals surface area contributed by atoms with E-state index < -0.39 is 12.1 Å². The van der Waals surface area contributed by atoms with Crippen LogP contribution in [-0.2, 0) is 9.59 Å². The molecule has 0 aromatic heterocycles. The van der Waals surface area contributed by atoms with Gasteiger partial charge in [0.05, 0.1) is 12.1 Å². The minimum atomic E-state index is -0.974. The number of hydrogen-bond donors (Lipinski definition) is 1. The average Bonchev–Trinajstić information content (AvgIpc) is 2.38. The van der Waals surface area contributed by atoms with Gasteiger partial charge in [0.15, 0.2) is 6.10 Å². The molecule has 0 aliphatic carbocycles. The Morgan fingerprint density at radius 1 is 1.53 bits per heavy atom. The van der Waals surface area contributed by atoms with Crippen LogP contribution in [0, 0.1) is 0 Å². The topological polar surface area (TPSA) is 83.9 Å². The molecule has 1 heterocycles. The Bertz CT molecular complexity index is 540. The molecule has 1 amide bonds. The number of aliphatic carboxylic acids is 1. The second-order valence-electron chi connectivity index (χ2n) is 4.24. The van der Waals surface area contributed by atoms with Crippen molar-refractivity contribution in [1.29, 1.82) is 0 Å². The van der Waals surface area contributed by atoms with Crippen molar-refractivity contribution < 1.29 is 24.2 Å². The number of hydrogen-bond acceptors (Lipinski definition) is 4. The number of aldehydes is 1. The molecule has 0 spiro atoms. The first-order valence-electron chi connectivity index (χ1n) is 5.82. The summed E-state index contributed by atoms with van der Waals surface area (Å²) < 4.78 is 5.43. The highest BCUT2D eigenvalue weighted by molar-refractivity contribution is 6.00. The first-order valence-corrected chi connectivity index (χ1v) is 5.82. The van der Waals surface area contributed by atoms with Crippen LogP contribution in [0.2, 0.25) is 0 Å². The molecule has 1 aliphatic heterocycles. The summed E-state index contributed by atoms with van der Waals surface area (Å²) >= 11 is 0. The second kappa shape index (κ2) is 5.09. The number of amides is 1. The van der Waals surface area contributed by atoms with Crippen LogP contribution in [0.25, 0.3) is 0 Å². The molecule has 1 unspecified atom stereocenters. The first kappa shape index (κ1) is 13.1. The lowest BCUT2D eigenvalue weighted by molar-refractivity contribution is -0.136. The molecule has 0 radical (unpaired) electrons. The standard InChI is InChI=1S/C13H13NO5/c1-8-13(18)14(5-4-12(16)17)10-3-2-9(7-15)6-11(10)19-8/h2-3,6-8H,4-5H2,1H3,(H,16,17). The molecule has 1 aromatic carbocycles. The predicted octanol–water partition coefficient (Wildman–Crippen LogP) is 1.09. The lowest BCUT2D eigenvalue weighted by Gasteiger charge is -2.32. The highest BCUT2D eigenvalue weighted by Gasteiger charge is 2.31. The molecule has 1 N–H and O–H groups in total. The van der Waals surface area contributed by atoms with Gasteiger partial charge in [-0.15, -0.1) is 0 Å². The van der Waals surface area contributed by atoms with Crippen LogP contribution in [0.15, 0.2) is 18.2 Å². The molecule has 0 fully saturated rings. The van der Waals surface area contributed by atoms with Crippen molar-refractivity contribution in [2.45, 2.75) is 19.4 Å². The largest absolute Gasteiger partial charge is 0.481 e. The van der Waals surface area contributed by atoms with E-state index in [1.165, 1.54) is 4.90 Å². The smallest absolute Gasteiger partial charge is 0.305 e. The van der Waals surface area contributed by atoms with Crippen LogP contribution in [0.3, 0.4) is 0 Å². The van der Waals surface area contributed by atoms with Gasteiger partial charge in [-0.3, -0.25) is 14.4 Å². The Hall–Kier alpha value is -2.37. The lowest BCUT2D eigenvalue weighted by Crippen LogP contribution is -2.45. The number of carboxylic acid groups (broad SMARTS) is 1. The number of nitrogens with zero attached hydrogens (tertiary/aromatic N) is 1. The molecule has 1 aliphatic rings. The van der Waals surface area contributed by atoms with E-state index in [1.54, 1.807) is 25.1 Å². The summed E-state index contributed by atoms with van der Waals surface area (Å²) in [7, 11) is 0. The van der Waals surface area contributed by atoms with Crippen LogP contribution in [-0.4, -0.2) is 35.9 Å². The number of fused-ring (bicyclic) bond motifs is 1. The summed E-state index contributed by atoms with van der Waals surface area (Å²) in [5.74, 6) is -0.840. The van der Waals surface area contributed by atoms with Gasteiger partial charge in [-0.25, -0.2) is 0 Å². The van der Waals surface area contributed by atoms with Gasteiger partial charge >= 0.3 is 5.97 Å². The van der Waals surface area contributed by atoms with Crippen LogP contribution in [0.4, 0.5) is 5.69 Å². The van der Waals surface area contributed by atoms with Gasteiger partial charge in [0.2, 0.25) is 0 Å². The Balaban J connectivity index is 2.35. The van der Waals surface area contributed by atoms with Gasteiger partial charge in [-0.05, 0) is 25.1 Å². The van der Waals surface area contributed by atoms with Gasteiger partial charge in [-0.1, -0.05) is 0 Å². The fraction of sp³-hybridized carbons (Fsp3) is 0.308. The highest BCUT2D eigenvalue weighted by Crippen LogP contribution is 2.34. The fourth-order valence-electron chi connectivity index (χ4n) is 1.94. The van der Waals surface area contributed by atoms with Gasteiger partial charge in [0.25, 0.3) is 5.91 Å². The Labute approximate surface area is 109 Å². The molecular formula is C13H13NO5. The summed E-state index contributed by atoms with van der Waals surface area (Å²) in [6.07, 6.45) is -0.150. The molecule has 1 atom stereocenters. The van der Waals surface area contributed by atoms with Crippen molar-refractivity contribution in [2.24, 2.45) is 0 Å². The molecule has 2 rings (SSSR count). The van der Waals surface area contributed by atoms with E-state index in [4.69, 9.17) is 9.84 Å². The fourth-order valence-corrected chi connectivity index (χ4v) is 1.94. The molecule has 0 bridgehead atoms. The maximum Gasteiger partial charge on any atom is 0.305 e. The van der Waals surface area contributed by atoms with Crippen molar-refractivity contribution in [3.05, 3.63) is 23.8 Å². The number of ether oxygens (including phenoxy) is 1. The van der Waals surface area contributed by atoms with E-state index in [9.17, 15) is 14.4 Å². The number of carboxylic acids is 1. The van der Waals surface area contributed by atoms with Crippen molar-refractivity contribution in [3.63, 3.8) is 0 Å². The quantitative estimate of drug-likeness (QED) is 0.822. The summed E-state index contributed by atoms with van der Waals surface area (Å²) in [5.41, 5.74) is 0.938. The van der Waals surface area contributed by atoms with E-state index in [0.29, 0.717) is 23.3 Å². The zero-order valence-electron chi connectivity index (χ0n) is 10.3. The summed E-state index contributed by atoms with van der Waals surface area (Å²) in [6, 6.07) is 4.69. The Morgan fingerprint density at radius 3 is 2.89 bits per heavy atom. The van der Waals surface area contributed by atoms with Crippen molar-refractivity contribution in [2.75, 3.05) is 11.4 Å². The molecule has 0 saturated heterocycles. The summed E-state index contributed by atoms with van der Waals surface area (Å²) in [6.45, 7) is 1.67. The third-order valence-electron chi connectivity index (χ3n) is 2.88. The third-order valence-corrected chi connectivity index (χ3v) is 2.88. The minimum Gasteiger partial charge on any atom is -0.481 e. The van der Waals surface area contributed by atoms with E-state index in [1.807, 2.05) is 0 Å². The van der Waals surface area contributed by atoms with Gasteiger partial charge in [0, 0.05) is 12.1 Å². The predicted molar refractivity (Wildman–Crippen MR) is 66.5 cm³/mol. The lowest BCUT2D eigenvalue weighted by atomic mass is 10.1. The third kappa shape index (κ3) is 2.57. The van der Waals surface area contributed by atoms with E-state index >= 15 is 0 Å².